The Morgan fingerprint density at radius 1 is 1.13 bits per heavy atom. The highest BCUT2D eigenvalue weighted by molar-refractivity contribution is 5.96. The summed E-state index contributed by atoms with van der Waals surface area (Å²) in [4.78, 5) is 12.1. The van der Waals surface area contributed by atoms with Crippen molar-refractivity contribution < 1.29 is 15.0 Å². The zero-order valence-electron chi connectivity index (χ0n) is 14.8. The van der Waals surface area contributed by atoms with Gasteiger partial charge in [-0.1, -0.05) is 31.6 Å². The maximum absolute atomic E-state index is 12.1. The van der Waals surface area contributed by atoms with Crippen LogP contribution < -0.4 is 0 Å². The summed E-state index contributed by atoms with van der Waals surface area (Å²) in [6, 6.07) is 0. The highest BCUT2D eigenvalue weighted by Gasteiger charge is 2.55. The maximum Gasteiger partial charge on any atom is 0.162 e. The third kappa shape index (κ3) is 3.77. The Labute approximate surface area is 139 Å². The first kappa shape index (κ1) is 17.6. The molecule has 126 valence electrons. The summed E-state index contributed by atoms with van der Waals surface area (Å²) >= 11 is 0. The molecule has 2 rings (SSSR count). The minimum atomic E-state index is -0.239. The van der Waals surface area contributed by atoms with Crippen LogP contribution in [0.1, 0.15) is 53.9 Å². The molecule has 2 atom stereocenters. The van der Waals surface area contributed by atoms with Crippen LogP contribution in [0.3, 0.4) is 0 Å². The highest BCUT2D eigenvalue weighted by Crippen LogP contribution is 2.61. The van der Waals surface area contributed by atoms with Crippen molar-refractivity contribution >= 4 is 5.78 Å². The SMILES string of the molecule is C/C1=C\CC(=O)/C(C)=C/C(O)=C(O)\C(C)=C\[C@@H]2[C@H](CC1)C2(C)C. The Bertz CT molecular complexity index is 629. The molecule has 1 saturated carbocycles. The van der Waals surface area contributed by atoms with Crippen LogP contribution in [-0.4, -0.2) is 16.0 Å². The molecule has 0 spiro atoms. The van der Waals surface area contributed by atoms with Gasteiger partial charge >= 0.3 is 0 Å². The van der Waals surface area contributed by atoms with Gasteiger partial charge in [0.25, 0.3) is 0 Å². The van der Waals surface area contributed by atoms with Crippen LogP contribution in [0.5, 0.6) is 0 Å². The van der Waals surface area contributed by atoms with Crippen molar-refractivity contribution in [2.45, 2.75) is 53.9 Å². The van der Waals surface area contributed by atoms with Gasteiger partial charge in [0, 0.05) is 6.42 Å². The van der Waals surface area contributed by atoms with E-state index in [0.29, 0.717) is 29.4 Å². The molecule has 0 saturated heterocycles. The molecule has 0 radical (unpaired) electrons. The monoisotopic (exact) mass is 316 g/mol. The Hall–Kier alpha value is -1.77. The lowest BCUT2D eigenvalue weighted by Gasteiger charge is -2.06. The number of aliphatic hydroxyl groups is 2. The lowest BCUT2D eigenvalue weighted by molar-refractivity contribution is -0.114. The van der Waals surface area contributed by atoms with Crippen LogP contribution in [0.15, 0.2) is 46.5 Å². The third-order valence-electron chi connectivity index (χ3n) is 5.46. The van der Waals surface area contributed by atoms with Crippen molar-refractivity contribution in [2.75, 3.05) is 0 Å². The van der Waals surface area contributed by atoms with Crippen molar-refractivity contribution in [1.82, 2.24) is 0 Å². The summed E-state index contributed by atoms with van der Waals surface area (Å²) in [5, 5.41) is 20.3. The fourth-order valence-corrected chi connectivity index (χ4v) is 3.49. The van der Waals surface area contributed by atoms with Crippen molar-refractivity contribution in [3.05, 3.63) is 46.5 Å². The predicted molar refractivity (Wildman–Crippen MR) is 93.2 cm³/mol. The molecule has 3 heteroatoms. The summed E-state index contributed by atoms with van der Waals surface area (Å²) in [6.45, 7) is 10.0. The van der Waals surface area contributed by atoms with Crippen LogP contribution in [0, 0.1) is 17.3 Å². The average molecular weight is 316 g/mol. The molecule has 0 bridgehead atoms. The molecule has 0 heterocycles. The smallest absolute Gasteiger partial charge is 0.162 e. The first-order valence-electron chi connectivity index (χ1n) is 8.32. The number of hydrogen-bond acceptors (Lipinski definition) is 3. The summed E-state index contributed by atoms with van der Waals surface area (Å²) in [5.41, 5.74) is 2.59. The second kappa shape index (κ2) is 6.38. The molecule has 2 N–H and O–H groups in total. The van der Waals surface area contributed by atoms with Gasteiger partial charge in [-0.2, -0.15) is 0 Å². The van der Waals surface area contributed by atoms with Crippen LogP contribution in [0.25, 0.3) is 0 Å². The van der Waals surface area contributed by atoms with E-state index in [9.17, 15) is 15.0 Å². The van der Waals surface area contributed by atoms with E-state index in [1.807, 2.05) is 6.08 Å². The number of carbonyl (C=O) groups excluding carboxylic acids is 1. The minimum Gasteiger partial charge on any atom is -0.504 e. The van der Waals surface area contributed by atoms with Gasteiger partial charge in [-0.25, -0.2) is 0 Å². The topological polar surface area (TPSA) is 57.5 Å². The van der Waals surface area contributed by atoms with Crippen LogP contribution in [-0.2, 0) is 4.79 Å². The van der Waals surface area contributed by atoms with Crippen molar-refractivity contribution in [1.29, 1.82) is 0 Å². The van der Waals surface area contributed by atoms with Crippen LogP contribution in [0.2, 0.25) is 0 Å². The number of hydrogen-bond donors (Lipinski definition) is 2. The number of allylic oxidation sites excluding steroid dienone is 6. The molecule has 0 unspecified atom stereocenters. The van der Waals surface area contributed by atoms with E-state index < -0.39 is 0 Å². The number of rotatable bonds is 0. The van der Waals surface area contributed by atoms with Gasteiger partial charge in [0.1, 0.15) is 0 Å². The van der Waals surface area contributed by atoms with Crippen molar-refractivity contribution in [3.8, 4) is 0 Å². The largest absolute Gasteiger partial charge is 0.504 e. The van der Waals surface area contributed by atoms with Gasteiger partial charge in [0.05, 0.1) is 0 Å². The van der Waals surface area contributed by atoms with Gasteiger partial charge in [-0.3, -0.25) is 4.79 Å². The summed E-state index contributed by atoms with van der Waals surface area (Å²) in [6.07, 6.45) is 7.83. The van der Waals surface area contributed by atoms with E-state index in [2.05, 4.69) is 26.8 Å². The molecular weight excluding hydrogens is 288 g/mol. The van der Waals surface area contributed by atoms with E-state index in [4.69, 9.17) is 0 Å². The summed E-state index contributed by atoms with van der Waals surface area (Å²) in [7, 11) is 0. The summed E-state index contributed by atoms with van der Waals surface area (Å²) < 4.78 is 0. The second-order valence-corrected chi connectivity index (χ2v) is 7.58. The molecule has 2 aliphatic rings. The second-order valence-electron chi connectivity index (χ2n) is 7.58. The molecule has 2 aliphatic carbocycles. The average Bonchev–Trinajstić information content (AvgIpc) is 3.00. The standard InChI is InChI=1S/C20H28O3/c1-12-6-8-15-16(20(15,4)5)10-14(3)19(23)18(22)11-13(2)17(21)9-7-12/h7,10-11,15-16,22-23H,6,8-9H2,1-5H3/b12-7+,13-11+,14-10+,19-18-/t15-,16+/m0/s1. The van der Waals surface area contributed by atoms with Crippen molar-refractivity contribution in [2.24, 2.45) is 17.3 Å². The number of Topliss-reactive ketones (excluding diaryl/α,β-unsaturated/α-hetero) is 1. The summed E-state index contributed by atoms with van der Waals surface area (Å²) in [5.74, 6) is 0.582. The van der Waals surface area contributed by atoms with E-state index in [1.54, 1.807) is 13.8 Å². The molecular formula is C20H28O3. The first-order valence-corrected chi connectivity index (χ1v) is 8.32. The van der Waals surface area contributed by atoms with E-state index in [-0.39, 0.29) is 22.7 Å². The number of aliphatic hydroxyl groups excluding tert-OH is 2. The lowest BCUT2D eigenvalue weighted by Crippen LogP contribution is -2.00. The fraction of sp³-hybridized carbons (Fsp3) is 0.550. The molecule has 1 fully saturated rings. The molecule has 23 heavy (non-hydrogen) atoms. The maximum atomic E-state index is 12.1. The number of carbonyl (C=O) groups is 1. The van der Waals surface area contributed by atoms with Gasteiger partial charge in [0.15, 0.2) is 17.3 Å². The van der Waals surface area contributed by atoms with Gasteiger partial charge in [-0.05, 0) is 68.1 Å². The van der Waals surface area contributed by atoms with E-state index >= 15 is 0 Å². The first-order chi connectivity index (χ1) is 10.6. The van der Waals surface area contributed by atoms with E-state index in [1.165, 1.54) is 11.6 Å². The zero-order chi connectivity index (χ0) is 17.4. The highest BCUT2D eigenvalue weighted by atomic mass is 16.3. The normalized spacial score (nSPS) is 39.0. The molecule has 0 amide bonds. The van der Waals surface area contributed by atoms with Gasteiger partial charge in [-0.15, -0.1) is 0 Å². The van der Waals surface area contributed by atoms with Gasteiger partial charge < -0.3 is 10.2 Å². The Morgan fingerprint density at radius 2 is 1.78 bits per heavy atom. The van der Waals surface area contributed by atoms with Crippen LogP contribution in [0.4, 0.5) is 0 Å². The predicted octanol–water partition coefficient (Wildman–Crippen LogP) is 5.18. The zero-order valence-corrected chi connectivity index (χ0v) is 14.8. The Balaban J connectivity index is 2.40. The van der Waals surface area contributed by atoms with Crippen LogP contribution >= 0.6 is 0 Å². The lowest BCUT2D eigenvalue weighted by atomic mass is 10.0. The fourth-order valence-electron chi connectivity index (χ4n) is 3.49. The third-order valence-corrected chi connectivity index (χ3v) is 5.46. The molecule has 0 aliphatic heterocycles. The molecule has 0 aromatic rings. The minimum absolute atomic E-state index is 0.0352. The quantitative estimate of drug-likeness (QED) is 0.605. The van der Waals surface area contributed by atoms with Crippen molar-refractivity contribution in [3.63, 3.8) is 0 Å². The molecule has 0 aromatic carbocycles. The number of ketones is 1. The Kier molecular flexibility index (Phi) is 4.88. The Morgan fingerprint density at radius 3 is 2.43 bits per heavy atom. The van der Waals surface area contributed by atoms with Gasteiger partial charge in [0.2, 0.25) is 0 Å². The molecule has 0 aromatic heterocycles. The molecule has 3 nitrogen and oxygen atoms in total. The number of fused-ring (bicyclic) bond motifs is 1. The van der Waals surface area contributed by atoms with E-state index in [0.717, 1.165) is 12.8 Å².